The Morgan fingerprint density at radius 2 is 1.85 bits per heavy atom. The molecule has 4 nitrogen and oxygen atoms in total. The molecule has 1 N–H and O–H groups in total. The molecule has 1 aromatic carbocycles. The van der Waals surface area contributed by atoms with Crippen molar-refractivity contribution >= 4 is 11.6 Å². The third kappa shape index (κ3) is 4.48. The van der Waals surface area contributed by atoms with E-state index in [0.29, 0.717) is 23.8 Å². The zero-order valence-electron chi connectivity index (χ0n) is 17.0. The van der Waals surface area contributed by atoms with Crippen LogP contribution in [0, 0.1) is 25.7 Å². The summed E-state index contributed by atoms with van der Waals surface area (Å²) in [7, 11) is 0. The van der Waals surface area contributed by atoms with E-state index in [2.05, 4.69) is 47.2 Å². The zero-order valence-corrected chi connectivity index (χ0v) is 17.0. The standard InChI is InChI=1S/C23H35N3O/c1-17-5-3-7-22(18(17)2)25-13-10-21(11-14-25)24-15-19-6-4-12-26(16-19)23(27)20-8-9-20/h3,5,7,19-21,24H,4,6,8-16H2,1-2H3/t19-/m0/s1. The van der Waals surface area contributed by atoms with Gasteiger partial charge in [-0.2, -0.15) is 0 Å². The van der Waals surface area contributed by atoms with Crippen LogP contribution >= 0.6 is 0 Å². The van der Waals surface area contributed by atoms with E-state index >= 15 is 0 Å². The third-order valence-corrected chi connectivity index (χ3v) is 6.86. The number of piperidine rings is 2. The molecule has 2 heterocycles. The molecule has 3 fully saturated rings. The van der Waals surface area contributed by atoms with Gasteiger partial charge in [-0.25, -0.2) is 0 Å². The minimum atomic E-state index is 0.367. The van der Waals surface area contributed by atoms with Crippen LogP contribution in [-0.4, -0.2) is 49.6 Å². The van der Waals surface area contributed by atoms with Crippen LogP contribution in [0.25, 0.3) is 0 Å². The first-order valence-corrected chi connectivity index (χ1v) is 10.9. The first kappa shape index (κ1) is 18.8. The molecular formula is C23H35N3O. The Bertz CT molecular complexity index is 662. The number of carbonyl (C=O) groups is 1. The third-order valence-electron chi connectivity index (χ3n) is 6.86. The number of aryl methyl sites for hydroxylation is 1. The van der Waals surface area contributed by atoms with Gasteiger partial charge in [-0.3, -0.25) is 4.79 Å². The Morgan fingerprint density at radius 1 is 1.07 bits per heavy atom. The molecule has 2 aliphatic heterocycles. The van der Waals surface area contributed by atoms with Crippen LogP contribution in [0.3, 0.4) is 0 Å². The Hall–Kier alpha value is -1.55. The SMILES string of the molecule is Cc1cccc(N2CCC(NC[C@@H]3CCCN(C(=O)C4CC4)C3)CC2)c1C. The van der Waals surface area contributed by atoms with Gasteiger partial charge in [0, 0.05) is 43.8 Å². The van der Waals surface area contributed by atoms with E-state index in [1.165, 1.54) is 42.5 Å². The fraction of sp³-hybridized carbons (Fsp3) is 0.696. The summed E-state index contributed by atoms with van der Waals surface area (Å²) in [5.74, 6) is 1.44. The van der Waals surface area contributed by atoms with Gasteiger partial charge >= 0.3 is 0 Å². The maximum atomic E-state index is 12.3. The first-order valence-electron chi connectivity index (χ1n) is 10.9. The molecule has 1 saturated carbocycles. The second kappa shape index (κ2) is 8.22. The maximum absolute atomic E-state index is 12.3. The number of nitrogens with one attached hydrogen (secondary N) is 1. The quantitative estimate of drug-likeness (QED) is 0.863. The second-order valence-corrected chi connectivity index (χ2v) is 8.96. The van der Waals surface area contributed by atoms with Crippen LogP contribution in [0.5, 0.6) is 0 Å². The molecule has 0 bridgehead atoms. The molecule has 0 spiro atoms. The lowest BCUT2D eigenvalue weighted by atomic mass is 9.96. The highest BCUT2D eigenvalue weighted by atomic mass is 16.2. The minimum Gasteiger partial charge on any atom is -0.371 e. The largest absolute Gasteiger partial charge is 0.371 e. The van der Waals surface area contributed by atoms with Crippen molar-refractivity contribution in [2.24, 2.45) is 11.8 Å². The predicted molar refractivity (Wildman–Crippen MR) is 111 cm³/mol. The van der Waals surface area contributed by atoms with Crippen molar-refractivity contribution in [3.8, 4) is 0 Å². The number of likely N-dealkylation sites (tertiary alicyclic amines) is 1. The van der Waals surface area contributed by atoms with Crippen LogP contribution in [0.2, 0.25) is 0 Å². The van der Waals surface area contributed by atoms with Crippen molar-refractivity contribution in [3.05, 3.63) is 29.3 Å². The average molecular weight is 370 g/mol. The van der Waals surface area contributed by atoms with E-state index in [9.17, 15) is 4.79 Å². The lowest BCUT2D eigenvalue weighted by molar-refractivity contribution is -0.134. The topological polar surface area (TPSA) is 35.6 Å². The zero-order chi connectivity index (χ0) is 18.8. The molecule has 4 rings (SSSR count). The average Bonchev–Trinajstić information content (AvgIpc) is 3.54. The molecule has 0 radical (unpaired) electrons. The van der Waals surface area contributed by atoms with E-state index in [1.54, 1.807) is 0 Å². The monoisotopic (exact) mass is 369 g/mol. The molecule has 1 amide bonds. The maximum Gasteiger partial charge on any atom is 0.225 e. The van der Waals surface area contributed by atoms with Gasteiger partial charge in [-0.05, 0) is 82.0 Å². The highest BCUT2D eigenvalue weighted by Gasteiger charge is 2.35. The number of anilines is 1. The van der Waals surface area contributed by atoms with Gasteiger partial charge in [0.25, 0.3) is 0 Å². The number of nitrogens with zero attached hydrogens (tertiary/aromatic N) is 2. The van der Waals surface area contributed by atoms with Gasteiger partial charge in [0.1, 0.15) is 0 Å². The molecule has 1 aliphatic carbocycles. The highest BCUT2D eigenvalue weighted by Crippen LogP contribution is 2.32. The molecule has 3 aliphatic rings. The number of hydrogen-bond donors (Lipinski definition) is 1. The summed E-state index contributed by atoms with van der Waals surface area (Å²) in [6.07, 6.45) is 7.11. The van der Waals surface area contributed by atoms with Gasteiger partial charge in [0.05, 0.1) is 0 Å². The molecule has 2 saturated heterocycles. The Labute approximate surface area is 164 Å². The van der Waals surface area contributed by atoms with E-state index in [1.807, 2.05) is 0 Å². The fourth-order valence-electron chi connectivity index (χ4n) is 4.76. The summed E-state index contributed by atoms with van der Waals surface area (Å²) in [6, 6.07) is 7.28. The number of hydrogen-bond acceptors (Lipinski definition) is 3. The van der Waals surface area contributed by atoms with Crippen molar-refractivity contribution in [3.63, 3.8) is 0 Å². The lowest BCUT2D eigenvalue weighted by Crippen LogP contribution is -2.47. The summed E-state index contributed by atoms with van der Waals surface area (Å²) in [5, 5.41) is 3.83. The normalized spacial score (nSPS) is 24.3. The van der Waals surface area contributed by atoms with Crippen LogP contribution in [-0.2, 0) is 4.79 Å². The Balaban J connectivity index is 1.22. The minimum absolute atomic E-state index is 0.367. The molecule has 148 valence electrons. The van der Waals surface area contributed by atoms with Crippen LogP contribution < -0.4 is 10.2 Å². The lowest BCUT2D eigenvalue weighted by Gasteiger charge is -2.37. The smallest absolute Gasteiger partial charge is 0.225 e. The Kier molecular flexibility index (Phi) is 5.72. The van der Waals surface area contributed by atoms with Gasteiger partial charge in [0.15, 0.2) is 0 Å². The van der Waals surface area contributed by atoms with Crippen molar-refractivity contribution in [2.45, 2.75) is 58.4 Å². The van der Waals surface area contributed by atoms with E-state index in [-0.39, 0.29) is 0 Å². The van der Waals surface area contributed by atoms with Gasteiger partial charge < -0.3 is 15.1 Å². The van der Waals surface area contributed by atoms with Crippen LogP contribution in [0.1, 0.15) is 49.7 Å². The molecular weight excluding hydrogens is 334 g/mol. The molecule has 0 unspecified atom stereocenters. The summed E-state index contributed by atoms with van der Waals surface area (Å²) in [5.41, 5.74) is 4.22. The molecule has 0 aromatic heterocycles. The molecule has 27 heavy (non-hydrogen) atoms. The highest BCUT2D eigenvalue weighted by molar-refractivity contribution is 5.81. The van der Waals surface area contributed by atoms with E-state index in [4.69, 9.17) is 0 Å². The molecule has 1 atom stereocenters. The van der Waals surface area contributed by atoms with Gasteiger partial charge in [-0.15, -0.1) is 0 Å². The molecule has 4 heteroatoms. The summed E-state index contributed by atoms with van der Waals surface area (Å²) in [4.78, 5) is 17.0. The summed E-state index contributed by atoms with van der Waals surface area (Å²) >= 11 is 0. The van der Waals surface area contributed by atoms with Crippen molar-refractivity contribution in [2.75, 3.05) is 37.6 Å². The van der Waals surface area contributed by atoms with Crippen molar-refractivity contribution in [1.29, 1.82) is 0 Å². The van der Waals surface area contributed by atoms with Crippen molar-refractivity contribution in [1.82, 2.24) is 10.2 Å². The first-order chi connectivity index (χ1) is 13.1. The van der Waals surface area contributed by atoms with Gasteiger partial charge in [0.2, 0.25) is 5.91 Å². The fourth-order valence-corrected chi connectivity index (χ4v) is 4.76. The van der Waals surface area contributed by atoms with E-state index < -0.39 is 0 Å². The summed E-state index contributed by atoms with van der Waals surface area (Å²) < 4.78 is 0. The van der Waals surface area contributed by atoms with Crippen LogP contribution in [0.15, 0.2) is 18.2 Å². The summed E-state index contributed by atoms with van der Waals surface area (Å²) in [6.45, 7) is 9.76. The number of benzene rings is 1. The predicted octanol–water partition coefficient (Wildman–Crippen LogP) is 3.51. The Morgan fingerprint density at radius 3 is 2.59 bits per heavy atom. The van der Waals surface area contributed by atoms with Crippen molar-refractivity contribution < 1.29 is 4.79 Å². The number of rotatable bonds is 5. The van der Waals surface area contributed by atoms with Gasteiger partial charge in [-0.1, -0.05) is 12.1 Å². The molecule has 1 aromatic rings. The number of amides is 1. The van der Waals surface area contributed by atoms with Crippen LogP contribution in [0.4, 0.5) is 5.69 Å². The second-order valence-electron chi connectivity index (χ2n) is 8.96. The van der Waals surface area contributed by atoms with E-state index in [0.717, 1.165) is 45.6 Å². The number of carbonyl (C=O) groups excluding carboxylic acids is 1.